The predicted octanol–water partition coefficient (Wildman–Crippen LogP) is 3.32. The van der Waals surface area contributed by atoms with Crippen molar-refractivity contribution in [2.24, 2.45) is 0 Å². The highest BCUT2D eigenvalue weighted by atomic mass is 35.5. The SMILES string of the molecule is CN1C(=O)CCc2cc(CNC(=O)c3c(F)cccc3Cl)ccc21. The molecule has 1 aliphatic rings. The van der Waals surface area contributed by atoms with Crippen LogP contribution in [-0.2, 0) is 17.8 Å². The molecule has 1 heterocycles. The van der Waals surface area contributed by atoms with Gasteiger partial charge in [0.1, 0.15) is 5.82 Å². The van der Waals surface area contributed by atoms with Crippen LogP contribution in [0.5, 0.6) is 0 Å². The summed E-state index contributed by atoms with van der Waals surface area (Å²) in [6, 6.07) is 9.80. The molecule has 4 nitrogen and oxygen atoms in total. The number of hydrogen-bond donors (Lipinski definition) is 1. The van der Waals surface area contributed by atoms with Crippen LogP contribution in [-0.4, -0.2) is 18.9 Å². The summed E-state index contributed by atoms with van der Waals surface area (Å²) in [7, 11) is 1.75. The molecule has 0 fully saturated rings. The molecule has 0 atom stereocenters. The molecule has 0 aromatic heterocycles. The van der Waals surface area contributed by atoms with Crippen molar-refractivity contribution >= 4 is 29.1 Å². The van der Waals surface area contributed by atoms with Crippen LogP contribution < -0.4 is 10.2 Å². The van der Waals surface area contributed by atoms with E-state index in [0.717, 1.165) is 16.8 Å². The first kappa shape index (κ1) is 16.5. The monoisotopic (exact) mass is 346 g/mol. The molecule has 0 bridgehead atoms. The fourth-order valence-corrected chi connectivity index (χ4v) is 3.05. The van der Waals surface area contributed by atoms with Gasteiger partial charge in [-0.1, -0.05) is 29.8 Å². The lowest BCUT2D eigenvalue weighted by atomic mass is 9.99. The number of carbonyl (C=O) groups is 2. The van der Waals surface area contributed by atoms with Gasteiger partial charge >= 0.3 is 0 Å². The highest BCUT2D eigenvalue weighted by Gasteiger charge is 2.21. The normalized spacial score (nSPS) is 13.6. The van der Waals surface area contributed by atoms with Gasteiger partial charge in [0.2, 0.25) is 5.91 Å². The number of amides is 2. The average Bonchev–Trinajstić information content (AvgIpc) is 2.56. The van der Waals surface area contributed by atoms with E-state index in [0.29, 0.717) is 12.8 Å². The van der Waals surface area contributed by atoms with Crippen molar-refractivity contribution in [3.05, 3.63) is 63.9 Å². The van der Waals surface area contributed by atoms with Gasteiger partial charge in [-0.25, -0.2) is 4.39 Å². The third-order valence-corrected chi connectivity index (χ3v) is 4.45. The highest BCUT2D eigenvalue weighted by Crippen LogP contribution is 2.27. The number of nitrogens with zero attached hydrogens (tertiary/aromatic N) is 1. The minimum absolute atomic E-state index is 0.0816. The van der Waals surface area contributed by atoms with Gasteiger partial charge in [-0.05, 0) is 35.7 Å². The maximum absolute atomic E-state index is 13.7. The third-order valence-electron chi connectivity index (χ3n) is 4.13. The molecule has 2 aromatic carbocycles. The van der Waals surface area contributed by atoms with E-state index in [9.17, 15) is 14.0 Å². The van der Waals surface area contributed by atoms with E-state index in [-0.39, 0.29) is 23.0 Å². The number of aryl methyl sites for hydroxylation is 1. The molecular formula is C18H16ClFN2O2. The predicted molar refractivity (Wildman–Crippen MR) is 90.8 cm³/mol. The van der Waals surface area contributed by atoms with Crippen molar-refractivity contribution in [1.82, 2.24) is 5.32 Å². The molecule has 2 amide bonds. The van der Waals surface area contributed by atoms with Crippen molar-refractivity contribution in [2.75, 3.05) is 11.9 Å². The second-order valence-corrected chi connectivity index (χ2v) is 6.10. The van der Waals surface area contributed by atoms with E-state index >= 15 is 0 Å². The zero-order chi connectivity index (χ0) is 17.3. The number of fused-ring (bicyclic) bond motifs is 1. The van der Waals surface area contributed by atoms with Crippen LogP contribution in [0.2, 0.25) is 5.02 Å². The van der Waals surface area contributed by atoms with Crippen molar-refractivity contribution in [1.29, 1.82) is 0 Å². The summed E-state index contributed by atoms with van der Waals surface area (Å²) in [5.74, 6) is -1.11. The first-order chi connectivity index (χ1) is 11.5. The summed E-state index contributed by atoms with van der Waals surface area (Å²) in [6.45, 7) is 0.258. The summed E-state index contributed by atoms with van der Waals surface area (Å²) in [5.41, 5.74) is 2.69. The smallest absolute Gasteiger partial charge is 0.256 e. The van der Waals surface area contributed by atoms with Crippen molar-refractivity contribution < 1.29 is 14.0 Å². The van der Waals surface area contributed by atoms with Crippen LogP contribution in [0.1, 0.15) is 27.9 Å². The Bertz CT molecular complexity index is 802. The van der Waals surface area contributed by atoms with Crippen LogP contribution >= 0.6 is 11.6 Å². The Morgan fingerprint density at radius 3 is 2.83 bits per heavy atom. The molecule has 0 aliphatic carbocycles. The van der Waals surface area contributed by atoms with Gasteiger partial charge in [0.25, 0.3) is 5.91 Å². The van der Waals surface area contributed by atoms with Gasteiger partial charge in [0.15, 0.2) is 0 Å². The van der Waals surface area contributed by atoms with Crippen LogP contribution in [0.4, 0.5) is 10.1 Å². The largest absolute Gasteiger partial charge is 0.348 e. The van der Waals surface area contributed by atoms with Gasteiger partial charge < -0.3 is 10.2 Å². The molecule has 1 aliphatic heterocycles. The Morgan fingerprint density at radius 2 is 2.08 bits per heavy atom. The standard InChI is InChI=1S/C18H16ClFN2O2/c1-22-15-7-5-11(9-12(15)6-8-16(22)23)10-21-18(24)17-13(19)3-2-4-14(17)20/h2-5,7,9H,6,8,10H2,1H3,(H,21,24). The molecule has 124 valence electrons. The fraction of sp³-hybridized carbons (Fsp3) is 0.222. The Balaban J connectivity index is 1.74. The maximum atomic E-state index is 13.7. The number of anilines is 1. The number of rotatable bonds is 3. The number of hydrogen-bond acceptors (Lipinski definition) is 2. The summed E-state index contributed by atoms with van der Waals surface area (Å²) in [5, 5.41) is 2.76. The lowest BCUT2D eigenvalue weighted by Crippen LogP contribution is -2.31. The van der Waals surface area contributed by atoms with Crippen LogP contribution in [0.3, 0.4) is 0 Å². The minimum Gasteiger partial charge on any atom is -0.348 e. The third kappa shape index (κ3) is 3.12. The van der Waals surface area contributed by atoms with Gasteiger partial charge in [-0.3, -0.25) is 9.59 Å². The number of benzene rings is 2. The minimum atomic E-state index is -0.648. The molecule has 1 N–H and O–H groups in total. The number of carbonyl (C=O) groups excluding carboxylic acids is 2. The van der Waals surface area contributed by atoms with E-state index in [2.05, 4.69) is 5.32 Å². The zero-order valence-corrected chi connectivity index (χ0v) is 13.9. The average molecular weight is 347 g/mol. The Labute approximate surface area is 144 Å². The van der Waals surface area contributed by atoms with Gasteiger partial charge in [-0.15, -0.1) is 0 Å². The summed E-state index contributed by atoms with van der Waals surface area (Å²) in [4.78, 5) is 25.5. The molecule has 0 saturated heterocycles. The van der Waals surface area contributed by atoms with E-state index in [1.165, 1.54) is 18.2 Å². The first-order valence-electron chi connectivity index (χ1n) is 7.58. The lowest BCUT2D eigenvalue weighted by Gasteiger charge is -2.26. The molecule has 6 heteroatoms. The molecule has 3 rings (SSSR count). The van der Waals surface area contributed by atoms with Crippen LogP contribution in [0.15, 0.2) is 36.4 Å². The first-order valence-corrected chi connectivity index (χ1v) is 7.95. The van der Waals surface area contributed by atoms with Crippen LogP contribution in [0, 0.1) is 5.82 Å². The molecular weight excluding hydrogens is 331 g/mol. The Kier molecular flexibility index (Phi) is 4.53. The molecule has 0 saturated carbocycles. The second-order valence-electron chi connectivity index (χ2n) is 5.70. The van der Waals surface area contributed by atoms with E-state index < -0.39 is 11.7 Å². The summed E-state index contributed by atoms with van der Waals surface area (Å²) < 4.78 is 13.7. The van der Waals surface area contributed by atoms with Crippen molar-refractivity contribution in [2.45, 2.75) is 19.4 Å². The lowest BCUT2D eigenvalue weighted by molar-refractivity contribution is -0.118. The second kappa shape index (κ2) is 6.61. The number of nitrogens with one attached hydrogen (secondary N) is 1. The maximum Gasteiger partial charge on any atom is 0.256 e. The van der Waals surface area contributed by atoms with E-state index in [1.54, 1.807) is 11.9 Å². The number of halogens is 2. The van der Waals surface area contributed by atoms with E-state index in [4.69, 9.17) is 11.6 Å². The topological polar surface area (TPSA) is 49.4 Å². The van der Waals surface area contributed by atoms with Gasteiger partial charge in [0.05, 0.1) is 10.6 Å². The molecule has 24 heavy (non-hydrogen) atoms. The fourth-order valence-electron chi connectivity index (χ4n) is 2.81. The Morgan fingerprint density at radius 1 is 1.29 bits per heavy atom. The summed E-state index contributed by atoms with van der Waals surface area (Å²) >= 11 is 5.89. The zero-order valence-electron chi connectivity index (χ0n) is 13.1. The molecule has 0 spiro atoms. The van der Waals surface area contributed by atoms with Gasteiger partial charge in [-0.2, -0.15) is 0 Å². The summed E-state index contributed by atoms with van der Waals surface area (Å²) in [6.07, 6.45) is 1.16. The van der Waals surface area contributed by atoms with E-state index in [1.807, 2.05) is 18.2 Å². The molecule has 0 radical (unpaired) electrons. The van der Waals surface area contributed by atoms with Crippen molar-refractivity contribution in [3.8, 4) is 0 Å². The quantitative estimate of drug-likeness (QED) is 0.926. The molecule has 0 unspecified atom stereocenters. The van der Waals surface area contributed by atoms with Crippen molar-refractivity contribution in [3.63, 3.8) is 0 Å². The highest BCUT2D eigenvalue weighted by molar-refractivity contribution is 6.33. The molecule has 2 aromatic rings. The Hall–Kier alpha value is -2.40. The van der Waals surface area contributed by atoms with Crippen LogP contribution in [0.25, 0.3) is 0 Å². The van der Waals surface area contributed by atoms with Gasteiger partial charge in [0, 0.05) is 25.7 Å².